The standard InChI is InChI=1S/C19H30N4O3.C18H23F3N6O2.C18H29N5O3.C14H20BrN3O3.C14H22N4O.C4H3BrN2O/c1-19(2,3)26-18(24)23-11-7-15(8-12-23)25-17-14-20-16(13-21-17)22-9-5-4-6-10-22;19-18(20,21)17-24-16(29-25-17)12-26-8-4-13(5-9-26)28-15-11-22-14(10-23-15)27-6-2-1-3-7-27;1-18(2,3)26-17(24)23-8-4-14(5-9-23)25-16-13-20-15(12-21-16)22-10-6-19-7-11-22;1-14(2,3)21-13(19)18-6-4-10(5-7-18)20-12-9-16-11(15)8-17-12;1-2-8-18(9-3-1)13-10-17-14(11-16-13)19-12-4-6-15-7-5-12;5-3-1-7-4(8)2-6-3/h13-15H,4-12H2,1-3H3;10-11,13H,1-9,12H2;12-14,19H,4-11H2,1-3H3;8-10H,4-7H2,1-3H3;10-12,15H,1-9H2;1-2H,(H,7,8). The van der Waals surface area contributed by atoms with Gasteiger partial charge in [0.1, 0.15) is 79.8 Å². The molecule has 3 amide bonds. The number of anilines is 4. The predicted octanol–water partition coefficient (Wildman–Crippen LogP) is 13.0. The van der Waals surface area contributed by atoms with Gasteiger partial charge in [0.15, 0.2) is 0 Å². The maximum Gasteiger partial charge on any atom is 0.455 e. The van der Waals surface area contributed by atoms with Crippen LogP contribution in [0, 0.1) is 0 Å². The first-order chi connectivity index (χ1) is 61.8. The summed E-state index contributed by atoms with van der Waals surface area (Å²) in [6.45, 7) is 34.4. The number of nitrogens with one attached hydrogen (secondary N) is 3. The lowest BCUT2D eigenvalue weighted by Gasteiger charge is -2.33. The summed E-state index contributed by atoms with van der Waals surface area (Å²) in [6, 6.07) is 0. The number of carbonyl (C=O) groups is 3. The summed E-state index contributed by atoms with van der Waals surface area (Å²) in [5.41, 5.74) is -1.58. The number of alkyl halides is 3. The van der Waals surface area contributed by atoms with Crippen LogP contribution in [-0.4, -0.2) is 286 Å². The van der Waals surface area contributed by atoms with Crippen molar-refractivity contribution in [1.29, 1.82) is 0 Å². The molecule has 9 saturated heterocycles. The van der Waals surface area contributed by atoms with Gasteiger partial charge in [0.25, 0.3) is 11.4 Å². The number of ether oxygens (including phenoxy) is 8. The van der Waals surface area contributed by atoms with Gasteiger partial charge >= 0.3 is 24.5 Å². The Kier molecular flexibility index (Phi) is 38.1. The van der Waals surface area contributed by atoms with Crippen LogP contribution >= 0.6 is 31.9 Å². The molecule has 9 fully saturated rings. The van der Waals surface area contributed by atoms with Gasteiger partial charge in [-0.25, -0.2) is 69.2 Å². The van der Waals surface area contributed by atoms with Crippen LogP contribution in [0.25, 0.3) is 0 Å². The Labute approximate surface area is 769 Å². The number of carbonyl (C=O) groups excluding carboxylic acids is 3. The molecular formula is C87H127Br2F3N24O13. The van der Waals surface area contributed by atoms with Crippen molar-refractivity contribution in [3.05, 3.63) is 106 Å². The summed E-state index contributed by atoms with van der Waals surface area (Å²) < 4.78 is 89.3. The molecule has 0 saturated carbocycles. The third-order valence-corrected chi connectivity index (χ3v) is 22.6. The Morgan fingerprint density at radius 3 is 0.977 bits per heavy atom. The van der Waals surface area contributed by atoms with Crippen molar-refractivity contribution in [3.8, 4) is 29.4 Å². The number of aromatic nitrogens is 14. The molecule has 0 spiro atoms. The monoisotopic (exact) mass is 1930 g/mol. The molecule has 7 aromatic rings. The number of nitrogens with zero attached hydrogens (tertiary/aromatic N) is 21. The first-order valence-corrected chi connectivity index (χ1v) is 46.7. The third-order valence-electron chi connectivity index (χ3n) is 21.8. The second kappa shape index (κ2) is 49.3. The van der Waals surface area contributed by atoms with E-state index in [0.29, 0.717) is 91.0 Å². The average Bonchev–Trinajstić information content (AvgIpc) is 1.82. The summed E-state index contributed by atoms with van der Waals surface area (Å²) in [7, 11) is 0. The number of likely N-dealkylation sites (tertiary alicyclic amines) is 4. The average molecular weight is 1930 g/mol. The molecule has 0 unspecified atom stereocenters. The third kappa shape index (κ3) is 35.4. The number of aromatic amines is 1. The van der Waals surface area contributed by atoms with Crippen LogP contribution in [0.4, 0.5) is 50.8 Å². The summed E-state index contributed by atoms with van der Waals surface area (Å²) in [6.07, 6.45) is 34.4. The van der Waals surface area contributed by atoms with Crippen LogP contribution in [0.5, 0.6) is 29.4 Å². The Balaban J connectivity index is 0.000000153. The first kappa shape index (κ1) is 99.6. The minimum absolute atomic E-state index is 0.00481. The molecule has 37 nitrogen and oxygen atoms in total. The zero-order valence-electron chi connectivity index (χ0n) is 75.7. The number of hydrogen-bond donors (Lipinski definition) is 3. The molecule has 0 radical (unpaired) electrons. The van der Waals surface area contributed by atoms with E-state index in [0.717, 1.165) is 166 Å². The smallest absolute Gasteiger partial charge is 0.455 e. The van der Waals surface area contributed by atoms with Gasteiger partial charge in [-0.3, -0.25) is 9.69 Å². The van der Waals surface area contributed by atoms with Crippen LogP contribution < -0.4 is 59.5 Å². The minimum Gasteiger partial charge on any atom is -0.473 e. The van der Waals surface area contributed by atoms with Gasteiger partial charge in [-0.1, -0.05) is 5.16 Å². The molecule has 42 heteroatoms. The summed E-state index contributed by atoms with van der Waals surface area (Å²) in [5, 5.41) is 9.64. The van der Waals surface area contributed by atoms with Crippen molar-refractivity contribution >= 4 is 73.4 Å². The molecule has 708 valence electrons. The zero-order chi connectivity index (χ0) is 91.8. The summed E-state index contributed by atoms with van der Waals surface area (Å²) in [5.74, 6) is 5.17. The van der Waals surface area contributed by atoms with E-state index in [1.807, 2.05) is 73.4 Å². The minimum atomic E-state index is -4.59. The lowest BCUT2D eigenvalue weighted by molar-refractivity contribution is -0.146. The number of piperazine rings is 1. The highest BCUT2D eigenvalue weighted by Gasteiger charge is 2.38. The molecule has 16 heterocycles. The quantitative estimate of drug-likeness (QED) is 0.0756. The zero-order valence-corrected chi connectivity index (χ0v) is 78.9. The Hall–Kier alpha value is -9.94. The van der Waals surface area contributed by atoms with E-state index >= 15 is 0 Å². The van der Waals surface area contributed by atoms with Crippen molar-refractivity contribution in [2.45, 2.75) is 244 Å². The van der Waals surface area contributed by atoms with Crippen molar-refractivity contribution in [2.24, 2.45) is 0 Å². The number of piperidine rings is 8. The number of H-pyrrole nitrogens is 1. The fourth-order valence-corrected chi connectivity index (χ4v) is 15.5. The van der Waals surface area contributed by atoms with Crippen LogP contribution in [0.2, 0.25) is 0 Å². The molecule has 0 atom stereocenters. The molecule has 129 heavy (non-hydrogen) atoms. The van der Waals surface area contributed by atoms with Gasteiger partial charge in [0, 0.05) is 163 Å². The van der Waals surface area contributed by atoms with Crippen molar-refractivity contribution in [1.82, 2.24) is 100 Å². The van der Waals surface area contributed by atoms with Gasteiger partial charge in [0.2, 0.25) is 35.3 Å². The van der Waals surface area contributed by atoms with Gasteiger partial charge in [0.05, 0.1) is 74.7 Å². The molecule has 3 N–H and O–H groups in total. The Morgan fingerprint density at radius 2 is 0.690 bits per heavy atom. The first-order valence-electron chi connectivity index (χ1n) is 45.1. The van der Waals surface area contributed by atoms with Crippen LogP contribution in [0.1, 0.15) is 196 Å². The molecule has 9 aliphatic heterocycles. The van der Waals surface area contributed by atoms with Crippen molar-refractivity contribution in [3.63, 3.8) is 0 Å². The lowest BCUT2D eigenvalue weighted by atomic mass is 10.1. The van der Waals surface area contributed by atoms with E-state index in [9.17, 15) is 32.3 Å². The van der Waals surface area contributed by atoms with E-state index < -0.39 is 28.8 Å². The largest absolute Gasteiger partial charge is 0.473 e. The summed E-state index contributed by atoms with van der Waals surface area (Å²) in [4.78, 5) is 116. The highest BCUT2D eigenvalue weighted by molar-refractivity contribution is 9.10. The van der Waals surface area contributed by atoms with Gasteiger partial charge in [-0.05, 0) is 191 Å². The molecule has 0 aromatic carbocycles. The van der Waals surface area contributed by atoms with Crippen LogP contribution in [0.3, 0.4) is 0 Å². The topological polar surface area (TPSA) is 389 Å². The number of rotatable bonds is 16. The van der Waals surface area contributed by atoms with Gasteiger partial charge < -0.3 is 92.3 Å². The second-order valence-electron chi connectivity index (χ2n) is 35.7. The summed E-state index contributed by atoms with van der Waals surface area (Å²) >= 11 is 6.30. The number of hydrogen-bond acceptors (Lipinski definition) is 33. The number of halogens is 5. The highest BCUT2D eigenvalue weighted by Crippen LogP contribution is 2.31. The van der Waals surface area contributed by atoms with Crippen molar-refractivity contribution in [2.75, 3.05) is 150 Å². The van der Waals surface area contributed by atoms with Crippen LogP contribution in [0.15, 0.2) is 92.9 Å². The Morgan fingerprint density at radius 1 is 0.380 bits per heavy atom. The Bertz CT molecular complexity index is 4380. The van der Waals surface area contributed by atoms with E-state index in [2.05, 4.69) is 132 Å². The SMILES string of the molecule is CC(C)(C)OC(=O)N1CCC(Oc2cnc(Br)cn2)CC1.CC(C)(C)OC(=O)N1CCC(Oc2cnc(N3CCCCC3)cn2)CC1.CC(C)(C)OC(=O)N1CCC(Oc2cnc(N3CCNCC3)cn2)CC1.FC(F)(F)c1noc(CN2CCC(Oc3cnc(N4CCCCC4)cn3)CC2)n1.O=c1cnc(Br)c[nH]1.c1nc(N2CCCCC2)cnc1OC1CCNCC1. The van der Waals surface area contributed by atoms with E-state index in [1.54, 1.807) is 70.5 Å². The second-order valence-corrected chi connectivity index (χ2v) is 37.3. The lowest BCUT2D eigenvalue weighted by Crippen LogP contribution is -2.44. The number of amides is 3. The van der Waals surface area contributed by atoms with Crippen molar-refractivity contribution < 1.29 is 70.0 Å². The fourth-order valence-electron chi connectivity index (χ4n) is 15.1. The normalized spacial score (nSPS) is 18.6. The van der Waals surface area contributed by atoms with E-state index in [-0.39, 0.29) is 66.8 Å². The molecule has 0 bridgehead atoms. The van der Waals surface area contributed by atoms with E-state index in [1.165, 1.54) is 70.2 Å². The maximum absolute atomic E-state index is 12.5. The van der Waals surface area contributed by atoms with E-state index in [4.69, 9.17) is 42.4 Å². The maximum atomic E-state index is 12.5. The van der Waals surface area contributed by atoms with Gasteiger partial charge in [-0.15, -0.1) is 0 Å². The molecular weight excluding hydrogens is 1810 g/mol. The molecule has 9 aliphatic rings. The molecule has 7 aromatic heterocycles. The fraction of sp³-hybridized carbons (Fsp3) is 0.667. The molecule has 16 rings (SSSR count). The molecule has 0 aliphatic carbocycles. The highest BCUT2D eigenvalue weighted by atomic mass is 79.9. The van der Waals surface area contributed by atoms with Crippen LogP contribution in [-0.2, 0) is 26.9 Å². The van der Waals surface area contributed by atoms with Gasteiger partial charge in [-0.2, -0.15) is 18.2 Å². The predicted molar refractivity (Wildman–Crippen MR) is 483 cm³/mol.